The summed E-state index contributed by atoms with van der Waals surface area (Å²) >= 11 is 3.48. The number of rotatable bonds is 6. The van der Waals surface area contributed by atoms with Crippen molar-refractivity contribution in [3.8, 4) is 0 Å². The van der Waals surface area contributed by atoms with E-state index in [1.165, 1.54) is 5.56 Å². The fourth-order valence-electron chi connectivity index (χ4n) is 3.22. The lowest BCUT2D eigenvalue weighted by Gasteiger charge is -2.34. The van der Waals surface area contributed by atoms with Crippen LogP contribution in [-0.4, -0.2) is 48.4 Å². The Hall–Kier alpha value is -1.40. The number of carbonyl (C=O) groups excluding carboxylic acids is 1. The van der Waals surface area contributed by atoms with E-state index in [4.69, 9.17) is 0 Å². The topological polar surface area (TPSA) is 35.6 Å². The van der Waals surface area contributed by atoms with Gasteiger partial charge in [0.15, 0.2) is 0 Å². The summed E-state index contributed by atoms with van der Waals surface area (Å²) in [7, 11) is 0. The molecule has 146 valence electrons. The molecule has 4 nitrogen and oxygen atoms in total. The van der Waals surface area contributed by atoms with E-state index >= 15 is 0 Å². The molecular weight excluding hydrogens is 426 g/mol. The monoisotopic (exact) mass is 451 g/mol. The maximum atomic E-state index is 12.2. The number of nitrogens with zero attached hydrogens (tertiary/aromatic N) is 2. The Labute approximate surface area is 176 Å². The van der Waals surface area contributed by atoms with E-state index in [1.54, 1.807) is 0 Å². The Bertz CT molecular complexity index is 733. The zero-order chi connectivity index (χ0) is 18.4. The van der Waals surface area contributed by atoms with Crippen molar-refractivity contribution in [2.24, 2.45) is 0 Å². The lowest BCUT2D eigenvalue weighted by atomic mass is 10.2. The minimum absolute atomic E-state index is 0. The first-order chi connectivity index (χ1) is 12.6. The molecule has 1 saturated heterocycles. The molecule has 1 amide bonds. The number of carbonyl (C=O) groups is 1. The van der Waals surface area contributed by atoms with Crippen LogP contribution in [0, 0.1) is 6.92 Å². The second-order valence-corrected chi connectivity index (χ2v) is 7.72. The van der Waals surface area contributed by atoms with Gasteiger partial charge in [-0.1, -0.05) is 46.3 Å². The molecule has 0 aliphatic carbocycles. The SMILES string of the molecule is Cc1cc(NC(=O)CCN2CCN(Cc3ccccc3)CC2)ccc1Br.Cl. The molecule has 1 aliphatic rings. The van der Waals surface area contributed by atoms with Crippen LogP contribution in [0.25, 0.3) is 0 Å². The van der Waals surface area contributed by atoms with Crippen LogP contribution >= 0.6 is 28.3 Å². The zero-order valence-corrected chi connectivity index (χ0v) is 18.1. The summed E-state index contributed by atoms with van der Waals surface area (Å²) < 4.78 is 1.06. The Morgan fingerprint density at radius 1 is 1.04 bits per heavy atom. The third-order valence-electron chi connectivity index (χ3n) is 4.81. The van der Waals surface area contributed by atoms with E-state index in [2.05, 4.69) is 61.4 Å². The fourth-order valence-corrected chi connectivity index (χ4v) is 3.46. The van der Waals surface area contributed by atoms with Crippen LogP contribution < -0.4 is 5.32 Å². The number of anilines is 1. The van der Waals surface area contributed by atoms with Gasteiger partial charge in [-0.3, -0.25) is 9.69 Å². The second-order valence-electron chi connectivity index (χ2n) is 6.87. The van der Waals surface area contributed by atoms with E-state index in [0.717, 1.165) is 55.0 Å². The molecule has 0 spiro atoms. The van der Waals surface area contributed by atoms with E-state index in [9.17, 15) is 4.79 Å². The van der Waals surface area contributed by atoms with Gasteiger partial charge in [0.25, 0.3) is 0 Å². The van der Waals surface area contributed by atoms with Crippen LogP contribution in [0.3, 0.4) is 0 Å². The van der Waals surface area contributed by atoms with Crippen molar-refractivity contribution in [3.05, 3.63) is 64.1 Å². The van der Waals surface area contributed by atoms with Gasteiger partial charge in [-0.25, -0.2) is 0 Å². The van der Waals surface area contributed by atoms with Gasteiger partial charge >= 0.3 is 0 Å². The van der Waals surface area contributed by atoms with Crippen LogP contribution in [0.4, 0.5) is 5.69 Å². The van der Waals surface area contributed by atoms with Gasteiger partial charge in [-0.2, -0.15) is 0 Å². The fraction of sp³-hybridized carbons (Fsp3) is 0.381. The lowest BCUT2D eigenvalue weighted by Crippen LogP contribution is -2.46. The molecule has 3 rings (SSSR count). The molecule has 1 fully saturated rings. The highest BCUT2D eigenvalue weighted by Crippen LogP contribution is 2.20. The minimum Gasteiger partial charge on any atom is -0.326 e. The van der Waals surface area contributed by atoms with Crippen LogP contribution in [0.5, 0.6) is 0 Å². The summed E-state index contributed by atoms with van der Waals surface area (Å²) in [5.41, 5.74) is 3.35. The molecule has 0 radical (unpaired) electrons. The number of amides is 1. The predicted molar refractivity (Wildman–Crippen MR) is 118 cm³/mol. The van der Waals surface area contributed by atoms with Crippen molar-refractivity contribution in [1.82, 2.24) is 9.80 Å². The molecule has 2 aromatic rings. The average Bonchev–Trinajstić information content (AvgIpc) is 2.65. The summed E-state index contributed by atoms with van der Waals surface area (Å²) in [6.07, 6.45) is 0.536. The van der Waals surface area contributed by atoms with Gasteiger partial charge in [-0.15, -0.1) is 12.4 Å². The van der Waals surface area contributed by atoms with E-state index in [1.807, 2.05) is 25.1 Å². The molecule has 6 heteroatoms. The molecule has 2 aromatic carbocycles. The first-order valence-corrected chi connectivity index (χ1v) is 9.94. The maximum Gasteiger partial charge on any atom is 0.225 e. The van der Waals surface area contributed by atoms with E-state index < -0.39 is 0 Å². The highest BCUT2D eigenvalue weighted by atomic mass is 79.9. The van der Waals surface area contributed by atoms with Gasteiger partial charge in [0.1, 0.15) is 0 Å². The number of nitrogens with one attached hydrogen (secondary N) is 1. The minimum atomic E-state index is 0. The first kappa shape index (κ1) is 21.9. The molecule has 1 N–H and O–H groups in total. The smallest absolute Gasteiger partial charge is 0.225 e. The number of piperazine rings is 1. The van der Waals surface area contributed by atoms with Gasteiger partial charge in [0, 0.05) is 55.8 Å². The number of halogens is 2. The Morgan fingerprint density at radius 3 is 2.37 bits per heavy atom. The zero-order valence-electron chi connectivity index (χ0n) is 15.7. The Balaban J connectivity index is 0.00000261. The molecule has 0 atom stereocenters. The van der Waals surface area contributed by atoms with Crippen LogP contribution in [-0.2, 0) is 11.3 Å². The molecule has 0 unspecified atom stereocenters. The number of benzene rings is 2. The van der Waals surface area contributed by atoms with Crippen molar-refractivity contribution >= 4 is 39.9 Å². The standard InChI is InChI=1S/C21H26BrN3O.ClH/c1-17-15-19(7-8-20(17)22)23-21(26)9-10-24-11-13-25(14-12-24)16-18-5-3-2-4-6-18;/h2-8,15H,9-14,16H2,1H3,(H,23,26);1H. The maximum absolute atomic E-state index is 12.2. The molecule has 27 heavy (non-hydrogen) atoms. The molecule has 1 heterocycles. The molecule has 0 saturated carbocycles. The van der Waals surface area contributed by atoms with Gasteiger partial charge in [0.05, 0.1) is 0 Å². The summed E-state index contributed by atoms with van der Waals surface area (Å²) in [4.78, 5) is 17.1. The summed E-state index contributed by atoms with van der Waals surface area (Å²) in [6, 6.07) is 16.5. The van der Waals surface area contributed by atoms with Gasteiger partial charge in [-0.05, 0) is 36.2 Å². The van der Waals surface area contributed by atoms with Gasteiger partial charge < -0.3 is 10.2 Å². The van der Waals surface area contributed by atoms with Crippen LogP contribution in [0.15, 0.2) is 53.0 Å². The van der Waals surface area contributed by atoms with Crippen molar-refractivity contribution in [1.29, 1.82) is 0 Å². The second kappa shape index (κ2) is 10.8. The molecular formula is C21H27BrClN3O. The predicted octanol–water partition coefficient (Wildman–Crippen LogP) is 4.33. The third-order valence-corrected chi connectivity index (χ3v) is 5.70. The number of hydrogen-bond donors (Lipinski definition) is 1. The Morgan fingerprint density at radius 2 is 1.70 bits per heavy atom. The quantitative estimate of drug-likeness (QED) is 0.709. The number of aryl methyl sites for hydroxylation is 1. The Kier molecular flexibility index (Phi) is 8.77. The van der Waals surface area contributed by atoms with Crippen molar-refractivity contribution in [2.45, 2.75) is 19.9 Å². The lowest BCUT2D eigenvalue weighted by molar-refractivity contribution is -0.116. The molecule has 0 aromatic heterocycles. The molecule has 1 aliphatic heterocycles. The van der Waals surface area contributed by atoms with E-state index in [0.29, 0.717) is 6.42 Å². The van der Waals surface area contributed by atoms with Crippen molar-refractivity contribution < 1.29 is 4.79 Å². The van der Waals surface area contributed by atoms with Crippen molar-refractivity contribution in [3.63, 3.8) is 0 Å². The first-order valence-electron chi connectivity index (χ1n) is 9.15. The van der Waals surface area contributed by atoms with Crippen LogP contribution in [0.2, 0.25) is 0 Å². The van der Waals surface area contributed by atoms with Crippen LogP contribution in [0.1, 0.15) is 17.5 Å². The highest BCUT2D eigenvalue weighted by Gasteiger charge is 2.17. The van der Waals surface area contributed by atoms with E-state index in [-0.39, 0.29) is 18.3 Å². The summed E-state index contributed by atoms with van der Waals surface area (Å²) in [6.45, 7) is 8.02. The van der Waals surface area contributed by atoms with Crippen molar-refractivity contribution in [2.75, 3.05) is 38.0 Å². The molecule has 0 bridgehead atoms. The normalized spacial score (nSPS) is 15.2. The highest BCUT2D eigenvalue weighted by molar-refractivity contribution is 9.10. The number of hydrogen-bond acceptors (Lipinski definition) is 3. The third kappa shape index (κ3) is 6.92. The largest absolute Gasteiger partial charge is 0.326 e. The van der Waals surface area contributed by atoms with Gasteiger partial charge in [0.2, 0.25) is 5.91 Å². The summed E-state index contributed by atoms with van der Waals surface area (Å²) in [5.74, 6) is 0.0819. The average molecular weight is 453 g/mol. The summed E-state index contributed by atoms with van der Waals surface area (Å²) in [5, 5.41) is 2.99.